The monoisotopic (exact) mass is 229 g/mol. The molecule has 0 aromatic rings. The van der Waals surface area contributed by atoms with E-state index in [0.29, 0.717) is 0 Å². The van der Waals surface area contributed by atoms with Gasteiger partial charge in [-0.1, -0.05) is 20.8 Å². The molecule has 0 aromatic heterocycles. The zero-order chi connectivity index (χ0) is 12.5. The van der Waals surface area contributed by atoms with Crippen LogP contribution in [0.1, 0.15) is 27.2 Å². The zero-order valence-electron chi connectivity index (χ0n) is 10.4. The lowest BCUT2D eigenvalue weighted by atomic mass is 9.96. The first-order valence-corrected chi connectivity index (χ1v) is 5.28. The van der Waals surface area contributed by atoms with Gasteiger partial charge in [-0.2, -0.15) is 0 Å². The number of esters is 1. The Bertz CT molecular complexity index is 293. The molecule has 1 heterocycles. The molecule has 0 spiro atoms. The van der Waals surface area contributed by atoms with Crippen LogP contribution in [-0.2, 0) is 19.1 Å². The van der Waals surface area contributed by atoms with E-state index < -0.39 is 18.4 Å². The van der Waals surface area contributed by atoms with Crippen LogP contribution in [0.25, 0.3) is 0 Å². The summed E-state index contributed by atoms with van der Waals surface area (Å²) in [7, 11) is 3.29. The van der Waals surface area contributed by atoms with Gasteiger partial charge >= 0.3 is 5.97 Å². The third kappa shape index (κ3) is 2.95. The molecule has 0 unspecified atom stereocenters. The number of nitrogens with zero attached hydrogens (tertiary/aromatic N) is 1. The Balaban J connectivity index is 2.59. The number of cyclic esters (lactones) is 1. The highest BCUT2D eigenvalue weighted by Gasteiger charge is 2.42. The number of rotatable bonds is 2. The van der Waals surface area contributed by atoms with E-state index in [1.807, 2.05) is 20.8 Å². The molecule has 1 saturated heterocycles. The Kier molecular flexibility index (Phi) is 3.57. The zero-order valence-corrected chi connectivity index (χ0v) is 10.4. The number of amides is 1. The summed E-state index contributed by atoms with van der Waals surface area (Å²) in [6, 6.07) is 0. The second-order valence-electron chi connectivity index (χ2n) is 5.25. The van der Waals surface area contributed by atoms with Gasteiger partial charge in [-0.25, -0.2) is 4.79 Å². The van der Waals surface area contributed by atoms with Crippen molar-refractivity contribution in [2.24, 2.45) is 5.41 Å². The van der Waals surface area contributed by atoms with Gasteiger partial charge in [0.1, 0.15) is 0 Å². The molecule has 2 atom stereocenters. The second-order valence-corrected chi connectivity index (χ2v) is 5.25. The van der Waals surface area contributed by atoms with Crippen molar-refractivity contribution in [2.45, 2.75) is 39.6 Å². The molecule has 0 bridgehead atoms. The largest absolute Gasteiger partial charge is 0.433 e. The average molecular weight is 229 g/mol. The molecule has 1 rings (SSSR count). The quantitative estimate of drug-likeness (QED) is 0.657. The highest BCUT2D eigenvalue weighted by Crippen LogP contribution is 2.30. The molecule has 5 nitrogen and oxygen atoms in total. The smallest absolute Gasteiger partial charge is 0.338 e. The fraction of sp³-hybridized carbons (Fsp3) is 0.818. The molecular formula is C11H19NO4. The van der Waals surface area contributed by atoms with E-state index in [2.05, 4.69) is 0 Å². The van der Waals surface area contributed by atoms with Gasteiger partial charge in [0.05, 0.1) is 6.42 Å². The average Bonchev–Trinajstić information content (AvgIpc) is 2.47. The first kappa shape index (κ1) is 13.0. The van der Waals surface area contributed by atoms with Gasteiger partial charge in [0.2, 0.25) is 12.2 Å². The van der Waals surface area contributed by atoms with Crippen LogP contribution in [0.4, 0.5) is 0 Å². The van der Waals surface area contributed by atoms with Gasteiger partial charge in [-0.3, -0.25) is 4.79 Å². The second kappa shape index (κ2) is 4.41. The maximum absolute atomic E-state index is 11.5. The number of hydrogen-bond acceptors (Lipinski definition) is 4. The van der Waals surface area contributed by atoms with Crippen molar-refractivity contribution in [3.63, 3.8) is 0 Å². The Morgan fingerprint density at radius 3 is 2.31 bits per heavy atom. The van der Waals surface area contributed by atoms with Crippen molar-refractivity contribution < 1.29 is 19.1 Å². The first-order valence-electron chi connectivity index (χ1n) is 5.28. The van der Waals surface area contributed by atoms with Crippen LogP contribution in [0.3, 0.4) is 0 Å². The molecule has 0 saturated carbocycles. The number of ether oxygens (including phenoxy) is 2. The van der Waals surface area contributed by atoms with Crippen LogP contribution in [0, 0.1) is 5.41 Å². The SMILES string of the molecule is CN(C)C(=O)C[C@@H]1O[C@H](C(C)(C)C)OC1=O. The summed E-state index contributed by atoms with van der Waals surface area (Å²) in [6.07, 6.45) is -1.29. The normalized spacial score (nSPS) is 25.4. The van der Waals surface area contributed by atoms with E-state index in [-0.39, 0.29) is 17.7 Å². The van der Waals surface area contributed by atoms with Gasteiger partial charge < -0.3 is 14.4 Å². The third-order valence-corrected chi connectivity index (χ3v) is 2.34. The van der Waals surface area contributed by atoms with Crippen LogP contribution in [0.2, 0.25) is 0 Å². The fourth-order valence-electron chi connectivity index (χ4n) is 1.27. The summed E-state index contributed by atoms with van der Waals surface area (Å²) >= 11 is 0. The predicted molar refractivity (Wildman–Crippen MR) is 57.5 cm³/mol. The standard InChI is InChI=1S/C11H19NO4/c1-11(2,3)10-15-7(9(14)16-10)6-8(13)12(4)5/h7,10H,6H2,1-5H3/t7-,10-/m0/s1. The number of carbonyl (C=O) groups excluding carboxylic acids is 2. The predicted octanol–water partition coefficient (Wildman–Crippen LogP) is 0.779. The van der Waals surface area contributed by atoms with E-state index in [0.717, 1.165) is 0 Å². The highest BCUT2D eigenvalue weighted by molar-refractivity contribution is 5.85. The summed E-state index contributed by atoms with van der Waals surface area (Å²) in [5.41, 5.74) is -0.272. The van der Waals surface area contributed by atoms with Crippen LogP contribution < -0.4 is 0 Å². The molecule has 16 heavy (non-hydrogen) atoms. The Morgan fingerprint density at radius 1 is 1.38 bits per heavy atom. The minimum atomic E-state index is -0.765. The molecule has 0 radical (unpaired) electrons. The summed E-state index contributed by atoms with van der Waals surface area (Å²) in [5.74, 6) is -0.591. The molecule has 1 amide bonds. The van der Waals surface area contributed by atoms with Crippen molar-refractivity contribution in [2.75, 3.05) is 14.1 Å². The molecule has 1 fully saturated rings. The van der Waals surface area contributed by atoms with Crippen LogP contribution >= 0.6 is 0 Å². The van der Waals surface area contributed by atoms with E-state index in [9.17, 15) is 9.59 Å². The number of hydrogen-bond donors (Lipinski definition) is 0. The Hall–Kier alpha value is -1.10. The van der Waals surface area contributed by atoms with Crippen molar-refractivity contribution in [3.05, 3.63) is 0 Å². The van der Waals surface area contributed by atoms with Crippen molar-refractivity contribution in [1.82, 2.24) is 4.90 Å². The maximum atomic E-state index is 11.5. The molecular weight excluding hydrogens is 210 g/mol. The van der Waals surface area contributed by atoms with Crippen LogP contribution in [0.15, 0.2) is 0 Å². The lowest BCUT2D eigenvalue weighted by Crippen LogP contribution is -2.30. The lowest BCUT2D eigenvalue weighted by Gasteiger charge is -2.24. The molecule has 0 N–H and O–H groups in total. The van der Waals surface area contributed by atoms with Crippen molar-refractivity contribution >= 4 is 11.9 Å². The van der Waals surface area contributed by atoms with E-state index >= 15 is 0 Å². The van der Waals surface area contributed by atoms with Gasteiger partial charge in [0.25, 0.3) is 0 Å². The van der Waals surface area contributed by atoms with E-state index in [1.54, 1.807) is 14.1 Å². The highest BCUT2D eigenvalue weighted by atomic mass is 16.8. The van der Waals surface area contributed by atoms with Crippen LogP contribution in [-0.4, -0.2) is 43.3 Å². The van der Waals surface area contributed by atoms with E-state index in [1.165, 1.54) is 4.90 Å². The van der Waals surface area contributed by atoms with Crippen molar-refractivity contribution in [1.29, 1.82) is 0 Å². The summed E-state index contributed by atoms with van der Waals surface area (Å²) in [4.78, 5) is 24.3. The topological polar surface area (TPSA) is 55.8 Å². The minimum absolute atomic E-state index is 0.0401. The molecule has 0 aromatic carbocycles. The first-order chi connectivity index (χ1) is 7.21. The molecule has 1 aliphatic heterocycles. The minimum Gasteiger partial charge on any atom is -0.433 e. The third-order valence-electron chi connectivity index (χ3n) is 2.34. The number of carbonyl (C=O) groups is 2. The van der Waals surface area contributed by atoms with Gasteiger partial charge in [-0.05, 0) is 0 Å². The van der Waals surface area contributed by atoms with E-state index in [4.69, 9.17) is 9.47 Å². The molecule has 0 aliphatic carbocycles. The van der Waals surface area contributed by atoms with Crippen LogP contribution in [0.5, 0.6) is 0 Å². The fourth-order valence-corrected chi connectivity index (χ4v) is 1.27. The van der Waals surface area contributed by atoms with Gasteiger partial charge in [0.15, 0.2) is 6.10 Å². The molecule has 1 aliphatic rings. The lowest BCUT2D eigenvalue weighted by molar-refractivity contribution is -0.154. The summed E-state index contributed by atoms with van der Waals surface area (Å²) < 4.78 is 10.5. The maximum Gasteiger partial charge on any atom is 0.338 e. The summed E-state index contributed by atoms with van der Waals surface area (Å²) in [6.45, 7) is 5.75. The Labute approximate surface area is 95.7 Å². The van der Waals surface area contributed by atoms with Crippen molar-refractivity contribution in [3.8, 4) is 0 Å². The van der Waals surface area contributed by atoms with Gasteiger partial charge in [-0.15, -0.1) is 0 Å². The Morgan fingerprint density at radius 2 is 1.94 bits per heavy atom. The van der Waals surface area contributed by atoms with Gasteiger partial charge in [0, 0.05) is 19.5 Å². The molecule has 5 heteroatoms. The summed E-state index contributed by atoms with van der Waals surface area (Å²) in [5, 5.41) is 0. The molecule has 92 valence electrons.